The molecule has 0 saturated heterocycles. The van der Waals surface area contributed by atoms with E-state index in [-0.39, 0.29) is 24.0 Å². The van der Waals surface area contributed by atoms with E-state index >= 15 is 0 Å². The normalized spacial score (nSPS) is 11.1. The number of aliphatic imine (C=N–C) groups is 1. The van der Waals surface area contributed by atoms with Crippen LogP contribution in [0.25, 0.3) is 0 Å². The Labute approximate surface area is 148 Å². The Balaban J connectivity index is 0.00000361. The van der Waals surface area contributed by atoms with Crippen LogP contribution >= 0.6 is 47.1 Å². The lowest BCUT2D eigenvalue weighted by molar-refractivity contribution is 0.486. The van der Waals surface area contributed by atoms with Gasteiger partial charge in [-0.25, -0.2) is 0 Å². The van der Waals surface area contributed by atoms with Crippen LogP contribution in [0.2, 0.25) is 0 Å². The van der Waals surface area contributed by atoms with Crippen molar-refractivity contribution in [2.45, 2.75) is 19.8 Å². The Morgan fingerprint density at radius 2 is 2.30 bits per heavy atom. The highest BCUT2D eigenvalue weighted by Crippen LogP contribution is 2.09. The number of hydrogen-bond acceptors (Lipinski definition) is 3. The van der Waals surface area contributed by atoms with Crippen LogP contribution in [-0.4, -0.2) is 49.6 Å². The highest BCUT2D eigenvalue weighted by Gasteiger charge is 2.05. The fourth-order valence-corrected chi connectivity index (χ4v) is 2.82. The molecule has 116 valence electrons. The van der Waals surface area contributed by atoms with Crippen molar-refractivity contribution in [2.75, 3.05) is 38.7 Å². The number of nitrogens with one attached hydrogen (secondary N) is 1. The van der Waals surface area contributed by atoms with Gasteiger partial charge in [-0.1, -0.05) is 6.07 Å². The summed E-state index contributed by atoms with van der Waals surface area (Å²) in [6.45, 7) is 4.95. The summed E-state index contributed by atoms with van der Waals surface area (Å²) in [6.07, 6.45) is 4.38. The number of thioether (sulfide) groups is 1. The van der Waals surface area contributed by atoms with Gasteiger partial charge in [0.1, 0.15) is 0 Å². The van der Waals surface area contributed by atoms with Gasteiger partial charge in [-0.05, 0) is 43.2 Å². The van der Waals surface area contributed by atoms with Gasteiger partial charge in [0.25, 0.3) is 0 Å². The molecule has 1 N–H and O–H groups in total. The molecular formula is C14H26IN3S2. The first-order valence-electron chi connectivity index (χ1n) is 6.78. The summed E-state index contributed by atoms with van der Waals surface area (Å²) >= 11 is 3.71. The molecule has 0 unspecified atom stereocenters. The Bertz CT molecular complexity index is 355. The van der Waals surface area contributed by atoms with Crippen molar-refractivity contribution in [3.8, 4) is 0 Å². The van der Waals surface area contributed by atoms with Gasteiger partial charge in [-0.2, -0.15) is 11.8 Å². The van der Waals surface area contributed by atoms with Crippen LogP contribution < -0.4 is 5.32 Å². The molecule has 3 nitrogen and oxygen atoms in total. The third kappa shape index (κ3) is 8.36. The highest BCUT2D eigenvalue weighted by molar-refractivity contribution is 14.0. The molecule has 1 heterocycles. The average molecular weight is 427 g/mol. The second kappa shape index (κ2) is 12.8. The molecule has 0 aliphatic rings. The van der Waals surface area contributed by atoms with Gasteiger partial charge in [0.05, 0.1) is 0 Å². The zero-order chi connectivity index (χ0) is 13.9. The Kier molecular flexibility index (Phi) is 12.8. The lowest BCUT2D eigenvalue weighted by Crippen LogP contribution is -2.40. The summed E-state index contributed by atoms with van der Waals surface area (Å²) in [7, 11) is 2.11. The molecule has 0 amide bonds. The largest absolute Gasteiger partial charge is 0.357 e. The van der Waals surface area contributed by atoms with Gasteiger partial charge in [-0.3, -0.25) is 4.99 Å². The first-order valence-corrected chi connectivity index (χ1v) is 9.06. The smallest absolute Gasteiger partial charge is 0.193 e. The van der Waals surface area contributed by atoms with Crippen molar-refractivity contribution in [1.82, 2.24) is 10.2 Å². The third-order valence-corrected chi connectivity index (χ3v) is 4.37. The number of halogens is 1. The van der Waals surface area contributed by atoms with E-state index < -0.39 is 0 Å². The van der Waals surface area contributed by atoms with Crippen molar-refractivity contribution in [1.29, 1.82) is 0 Å². The monoisotopic (exact) mass is 427 g/mol. The number of likely N-dealkylation sites (N-methyl/N-ethyl adjacent to an activating group) is 1. The van der Waals surface area contributed by atoms with Crippen LogP contribution in [0, 0.1) is 0 Å². The molecular weight excluding hydrogens is 401 g/mol. The molecule has 0 aliphatic carbocycles. The summed E-state index contributed by atoms with van der Waals surface area (Å²) in [5, 5.41) is 5.50. The van der Waals surface area contributed by atoms with Crippen molar-refractivity contribution in [3.63, 3.8) is 0 Å². The first kappa shape index (κ1) is 20.1. The molecule has 0 fully saturated rings. The lowest BCUT2D eigenvalue weighted by atomic mass is 10.3. The number of guanidine groups is 1. The fourth-order valence-electron chi connectivity index (χ4n) is 1.70. The molecule has 1 aromatic rings. The first-order chi connectivity index (χ1) is 9.27. The van der Waals surface area contributed by atoms with Gasteiger partial charge >= 0.3 is 0 Å². The van der Waals surface area contributed by atoms with Gasteiger partial charge in [0.2, 0.25) is 0 Å². The van der Waals surface area contributed by atoms with Crippen LogP contribution in [0.4, 0.5) is 0 Å². The third-order valence-electron chi connectivity index (χ3n) is 2.74. The van der Waals surface area contributed by atoms with Crippen LogP contribution in [-0.2, 0) is 6.42 Å². The summed E-state index contributed by atoms with van der Waals surface area (Å²) in [5.41, 5.74) is 0. The van der Waals surface area contributed by atoms with Crippen molar-refractivity contribution >= 4 is 53.0 Å². The van der Waals surface area contributed by atoms with E-state index in [1.807, 2.05) is 23.1 Å². The van der Waals surface area contributed by atoms with E-state index in [0.29, 0.717) is 0 Å². The van der Waals surface area contributed by atoms with Gasteiger partial charge in [-0.15, -0.1) is 35.3 Å². The quantitative estimate of drug-likeness (QED) is 0.298. The number of hydrogen-bond donors (Lipinski definition) is 1. The molecule has 0 aliphatic heterocycles. The minimum Gasteiger partial charge on any atom is -0.357 e. The predicted octanol–water partition coefficient (Wildman–Crippen LogP) is 3.56. The van der Waals surface area contributed by atoms with E-state index in [1.165, 1.54) is 10.6 Å². The van der Waals surface area contributed by atoms with Crippen molar-refractivity contribution in [2.24, 2.45) is 4.99 Å². The van der Waals surface area contributed by atoms with Crippen molar-refractivity contribution in [3.05, 3.63) is 22.4 Å². The fraction of sp³-hybridized carbons (Fsp3) is 0.643. The topological polar surface area (TPSA) is 27.6 Å². The standard InChI is InChI=1S/C14H25N3S2.HI/c1-4-15-14(16-9-6-11-18-3)17(2)10-8-13-7-5-12-19-13;/h5,7,12H,4,6,8-11H2,1-3H3,(H,15,16);1H. The molecule has 0 bridgehead atoms. The van der Waals surface area contributed by atoms with E-state index in [4.69, 9.17) is 0 Å². The zero-order valence-electron chi connectivity index (χ0n) is 12.6. The number of rotatable bonds is 8. The molecule has 0 saturated carbocycles. The van der Waals surface area contributed by atoms with E-state index in [9.17, 15) is 0 Å². The molecule has 20 heavy (non-hydrogen) atoms. The van der Waals surface area contributed by atoms with Crippen LogP contribution in [0.1, 0.15) is 18.2 Å². The summed E-state index contributed by atoms with van der Waals surface area (Å²) in [6, 6.07) is 4.31. The maximum Gasteiger partial charge on any atom is 0.193 e. The molecule has 1 aromatic heterocycles. The van der Waals surface area contributed by atoms with E-state index in [2.05, 4.69) is 52.9 Å². The van der Waals surface area contributed by atoms with E-state index in [0.717, 1.165) is 38.4 Å². The summed E-state index contributed by atoms with van der Waals surface area (Å²) < 4.78 is 0. The van der Waals surface area contributed by atoms with Crippen molar-refractivity contribution < 1.29 is 0 Å². The molecule has 0 aromatic carbocycles. The maximum absolute atomic E-state index is 4.67. The van der Waals surface area contributed by atoms with Crippen LogP contribution in [0.3, 0.4) is 0 Å². The SMILES string of the molecule is CCNC(=NCCCSC)N(C)CCc1cccs1.I. The Hall–Kier alpha value is 0.0500. The molecule has 0 atom stereocenters. The lowest BCUT2D eigenvalue weighted by Gasteiger charge is -2.21. The van der Waals surface area contributed by atoms with Crippen LogP contribution in [0.15, 0.2) is 22.5 Å². The zero-order valence-corrected chi connectivity index (χ0v) is 16.6. The number of thiophene rings is 1. The summed E-state index contributed by atoms with van der Waals surface area (Å²) in [5.74, 6) is 2.21. The second-order valence-corrected chi connectivity index (χ2v) is 6.35. The highest BCUT2D eigenvalue weighted by atomic mass is 127. The minimum atomic E-state index is 0. The average Bonchev–Trinajstić information content (AvgIpc) is 2.93. The van der Waals surface area contributed by atoms with Gasteiger partial charge in [0.15, 0.2) is 5.96 Å². The maximum atomic E-state index is 4.67. The van der Waals surface area contributed by atoms with Gasteiger partial charge < -0.3 is 10.2 Å². The molecule has 1 rings (SSSR count). The number of nitrogens with zero attached hydrogens (tertiary/aromatic N) is 2. The Morgan fingerprint density at radius 1 is 1.50 bits per heavy atom. The van der Waals surface area contributed by atoms with Crippen LogP contribution in [0.5, 0.6) is 0 Å². The molecule has 0 spiro atoms. The molecule has 6 heteroatoms. The second-order valence-electron chi connectivity index (χ2n) is 4.33. The van der Waals surface area contributed by atoms with E-state index in [1.54, 1.807) is 0 Å². The van der Waals surface area contributed by atoms with Gasteiger partial charge in [0, 0.05) is 31.6 Å². The predicted molar refractivity (Wildman–Crippen MR) is 105 cm³/mol. The minimum absolute atomic E-state index is 0. The Morgan fingerprint density at radius 3 is 2.90 bits per heavy atom. The summed E-state index contributed by atoms with van der Waals surface area (Å²) in [4.78, 5) is 8.33. The molecule has 0 radical (unpaired) electrons.